The zero-order valence-electron chi connectivity index (χ0n) is 20.6. The summed E-state index contributed by atoms with van der Waals surface area (Å²) in [6.45, 7) is 2.80. The van der Waals surface area contributed by atoms with Crippen LogP contribution < -0.4 is 15.8 Å². The SMILES string of the molecule is CC(N)c1ncc(-c2cc(F)c(C(=O)NCc3ccc(C#N)cc3)cc2O[C@H]2CCN3C(=O)OC[C@@H]3C2)s1. The van der Waals surface area contributed by atoms with E-state index >= 15 is 4.39 Å². The number of rotatable bonds is 7. The van der Waals surface area contributed by atoms with E-state index in [-0.39, 0.29) is 36.4 Å². The molecule has 3 heterocycles. The Balaban J connectivity index is 1.40. The average molecular weight is 536 g/mol. The van der Waals surface area contributed by atoms with E-state index in [1.54, 1.807) is 35.4 Å². The maximum Gasteiger partial charge on any atom is 0.410 e. The highest BCUT2D eigenvalue weighted by Crippen LogP contribution is 2.39. The third-order valence-electron chi connectivity index (χ3n) is 6.62. The minimum atomic E-state index is -0.690. The van der Waals surface area contributed by atoms with Crippen molar-refractivity contribution in [3.05, 3.63) is 70.1 Å². The first-order chi connectivity index (χ1) is 18.3. The van der Waals surface area contributed by atoms with Gasteiger partial charge in [-0.15, -0.1) is 11.3 Å². The molecule has 3 atom stereocenters. The normalized spacial score (nSPS) is 19.3. The van der Waals surface area contributed by atoms with Crippen LogP contribution in [0.25, 0.3) is 10.4 Å². The van der Waals surface area contributed by atoms with Crippen molar-refractivity contribution in [3.8, 4) is 22.3 Å². The van der Waals surface area contributed by atoms with E-state index in [1.165, 1.54) is 23.5 Å². The van der Waals surface area contributed by atoms with E-state index < -0.39 is 11.7 Å². The molecule has 3 N–H and O–H groups in total. The number of piperidine rings is 1. The first-order valence-electron chi connectivity index (χ1n) is 12.2. The van der Waals surface area contributed by atoms with Crippen molar-refractivity contribution < 1.29 is 23.5 Å². The summed E-state index contributed by atoms with van der Waals surface area (Å²) in [4.78, 5) is 31.6. The van der Waals surface area contributed by atoms with Crippen LogP contribution in [0.15, 0.2) is 42.6 Å². The van der Waals surface area contributed by atoms with E-state index in [1.807, 2.05) is 13.0 Å². The summed E-state index contributed by atoms with van der Waals surface area (Å²) in [7, 11) is 0. The summed E-state index contributed by atoms with van der Waals surface area (Å²) in [5, 5.41) is 12.4. The molecular weight excluding hydrogens is 509 g/mol. The van der Waals surface area contributed by atoms with Crippen LogP contribution in [0.1, 0.15) is 52.3 Å². The highest BCUT2D eigenvalue weighted by molar-refractivity contribution is 7.15. The van der Waals surface area contributed by atoms with Crippen LogP contribution in [0.3, 0.4) is 0 Å². The number of thiazole rings is 1. The first-order valence-corrected chi connectivity index (χ1v) is 13.1. The van der Waals surface area contributed by atoms with Crippen LogP contribution in [0.4, 0.5) is 9.18 Å². The number of amides is 2. The number of nitrogens with one attached hydrogen (secondary N) is 1. The topological polar surface area (TPSA) is 131 Å². The van der Waals surface area contributed by atoms with Gasteiger partial charge in [-0.25, -0.2) is 14.2 Å². The molecule has 0 saturated carbocycles. The van der Waals surface area contributed by atoms with Crippen LogP contribution in [-0.4, -0.2) is 47.2 Å². The van der Waals surface area contributed by atoms with Crippen LogP contribution in [0.2, 0.25) is 0 Å². The molecule has 2 aromatic carbocycles. The maximum absolute atomic E-state index is 15.3. The van der Waals surface area contributed by atoms with E-state index in [0.29, 0.717) is 52.8 Å². The van der Waals surface area contributed by atoms with Gasteiger partial charge in [0.25, 0.3) is 5.91 Å². The van der Waals surface area contributed by atoms with Crippen LogP contribution in [-0.2, 0) is 11.3 Å². The molecule has 3 aromatic rings. The van der Waals surface area contributed by atoms with Gasteiger partial charge in [-0.1, -0.05) is 12.1 Å². The fourth-order valence-corrected chi connectivity index (χ4v) is 5.46. The Bertz CT molecular complexity index is 1400. The van der Waals surface area contributed by atoms with Crippen molar-refractivity contribution in [1.82, 2.24) is 15.2 Å². The first kappa shape index (κ1) is 25.6. The van der Waals surface area contributed by atoms with Crippen LogP contribution >= 0.6 is 11.3 Å². The molecule has 0 spiro atoms. The molecule has 11 heteroatoms. The minimum absolute atomic E-state index is 0.0755. The minimum Gasteiger partial charge on any atom is -0.490 e. The lowest BCUT2D eigenvalue weighted by Gasteiger charge is -2.33. The molecule has 38 heavy (non-hydrogen) atoms. The molecule has 0 aliphatic carbocycles. The van der Waals surface area contributed by atoms with Crippen molar-refractivity contribution in [2.45, 2.75) is 44.5 Å². The number of hydrogen-bond acceptors (Lipinski definition) is 8. The summed E-state index contributed by atoms with van der Waals surface area (Å²) in [5.74, 6) is -0.919. The number of carbonyl (C=O) groups excluding carboxylic acids is 2. The highest BCUT2D eigenvalue weighted by atomic mass is 32.1. The molecule has 196 valence electrons. The Morgan fingerprint density at radius 3 is 2.89 bits per heavy atom. The second-order valence-electron chi connectivity index (χ2n) is 9.36. The smallest absolute Gasteiger partial charge is 0.410 e. The Morgan fingerprint density at radius 1 is 1.39 bits per heavy atom. The van der Waals surface area contributed by atoms with Gasteiger partial charge in [-0.3, -0.25) is 4.79 Å². The lowest BCUT2D eigenvalue weighted by Crippen LogP contribution is -2.44. The predicted octanol–water partition coefficient (Wildman–Crippen LogP) is 4.13. The lowest BCUT2D eigenvalue weighted by atomic mass is 10.0. The third kappa shape index (κ3) is 5.32. The van der Waals surface area contributed by atoms with Gasteiger partial charge in [0, 0.05) is 37.7 Å². The van der Waals surface area contributed by atoms with Gasteiger partial charge >= 0.3 is 6.09 Å². The van der Waals surface area contributed by atoms with E-state index in [9.17, 15) is 9.59 Å². The molecule has 1 aromatic heterocycles. The van der Waals surface area contributed by atoms with Crippen LogP contribution in [0, 0.1) is 17.1 Å². The predicted molar refractivity (Wildman–Crippen MR) is 138 cm³/mol. The number of hydrogen-bond donors (Lipinski definition) is 2. The lowest BCUT2D eigenvalue weighted by molar-refractivity contribution is 0.0915. The van der Waals surface area contributed by atoms with Gasteiger partial charge in [-0.2, -0.15) is 5.26 Å². The van der Waals surface area contributed by atoms with Gasteiger partial charge in [-0.05, 0) is 36.8 Å². The zero-order valence-corrected chi connectivity index (χ0v) is 21.5. The fourth-order valence-electron chi connectivity index (χ4n) is 4.56. The number of carbonyl (C=O) groups is 2. The Labute approximate surface area is 223 Å². The second kappa shape index (κ2) is 10.8. The van der Waals surface area contributed by atoms with Crippen molar-refractivity contribution in [2.24, 2.45) is 5.73 Å². The summed E-state index contributed by atoms with van der Waals surface area (Å²) in [6.07, 6.45) is 2.21. The number of benzene rings is 2. The average Bonchev–Trinajstić information content (AvgIpc) is 3.56. The van der Waals surface area contributed by atoms with Crippen molar-refractivity contribution >= 4 is 23.3 Å². The molecule has 5 rings (SSSR count). The third-order valence-corrected chi connectivity index (χ3v) is 7.86. The molecule has 2 amide bonds. The van der Waals surface area contributed by atoms with Crippen molar-refractivity contribution in [2.75, 3.05) is 13.2 Å². The molecule has 0 bridgehead atoms. The fraction of sp³-hybridized carbons (Fsp3) is 0.333. The van der Waals surface area contributed by atoms with Gasteiger partial charge in [0.05, 0.1) is 34.2 Å². The molecule has 0 radical (unpaired) electrons. The molecule has 2 aliphatic rings. The number of aromatic nitrogens is 1. The number of nitriles is 1. The standard InChI is InChI=1S/C27H26FN5O4S/c1-15(30)26-32-13-24(38-26)21-9-22(28)20(25(34)31-12-17-4-2-16(11-29)3-5-17)10-23(21)37-19-6-7-33-18(8-19)14-36-27(33)35/h2-5,9-10,13,15,18-19H,6-8,12,14,30H2,1H3,(H,31,34)/t15?,18-,19-/m0/s1. The number of ether oxygens (including phenoxy) is 2. The molecule has 2 saturated heterocycles. The molecule has 1 unspecified atom stereocenters. The number of cyclic esters (lactones) is 1. The summed E-state index contributed by atoms with van der Waals surface area (Å²) in [6, 6.07) is 11.2. The van der Waals surface area contributed by atoms with Gasteiger partial charge in [0.1, 0.15) is 29.3 Å². The largest absolute Gasteiger partial charge is 0.490 e. The summed E-state index contributed by atoms with van der Waals surface area (Å²) >= 11 is 1.34. The summed E-state index contributed by atoms with van der Waals surface area (Å²) < 4.78 is 26.8. The number of halogens is 1. The van der Waals surface area contributed by atoms with E-state index in [4.69, 9.17) is 20.5 Å². The van der Waals surface area contributed by atoms with Gasteiger partial charge in [0.2, 0.25) is 0 Å². The Morgan fingerprint density at radius 2 is 2.18 bits per heavy atom. The number of nitrogens with zero attached hydrogens (tertiary/aromatic N) is 3. The van der Waals surface area contributed by atoms with Gasteiger partial charge < -0.3 is 25.4 Å². The van der Waals surface area contributed by atoms with E-state index in [2.05, 4.69) is 10.3 Å². The Kier molecular flexibility index (Phi) is 7.26. The van der Waals surface area contributed by atoms with E-state index in [0.717, 1.165) is 5.56 Å². The van der Waals surface area contributed by atoms with Crippen LogP contribution in [0.5, 0.6) is 5.75 Å². The highest BCUT2D eigenvalue weighted by Gasteiger charge is 2.39. The quantitative estimate of drug-likeness (QED) is 0.465. The zero-order chi connectivity index (χ0) is 26.8. The summed E-state index contributed by atoms with van der Waals surface area (Å²) in [5.41, 5.74) is 7.60. The van der Waals surface area contributed by atoms with Crippen molar-refractivity contribution in [1.29, 1.82) is 5.26 Å². The molecule has 9 nitrogen and oxygen atoms in total. The second-order valence-corrected chi connectivity index (χ2v) is 10.4. The number of nitrogens with two attached hydrogens (primary N) is 1. The molecular formula is C27H26FN5O4S. The maximum atomic E-state index is 15.3. The molecule has 2 aliphatic heterocycles. The van der Waals surface area contributed by atoms with Crippen molar-refractivity contribution in [3.63, 3.8) is 0 Å². The molecule has 2 fully saturated rings. The monoisotopic (exact) mass is 535 g/mol. The Hall–Kier alpha value is -4.01. The number of fused-ring (bicyclic) bond motifs is 1. The van der Waals surface area contributed by atoms with Gasteiger partial charge in [0.15, 0.2) is 0 Å².